The largest absolute Gasteiger partial charge is 0.377 e. The minimum Gasteiger partial charge on any atom is -0.377 e. The van der Waals surface area contributed by atoms with Gasteiger partial charge in [-0.15, -0.1) is 11.3 Å². The molecule has 0 atom stereocenters. The lowest BCUT2D eigenvalue weighted by molar-refractivity contribution is 0.178. The van der Waals surface area contributed by atoms with E-state index >= 15 is 0 Å². The van der Waals surface area contributed by atoms with Crippen LogP contribution in [0.3, 0.4) is 0 Å². The molecule has 0 unspecified atom stereocenters. The van der Waals surface area contributed by atoms with Crippen LogP contribution in [0.15, 0.2) is 23.6 Å². The van der Waals surface area contributed by atoms with Crippen LogP contribution in [-0.4, -0.2) is 24.1 Å². The van der Waals surface area contributed by atoms with Gasteiger partial charge in [0.2, 0.25) is 0 Å². The van der Waals surface area contributed by atoms with Gasteiger partial charge in [-0.3, -0.25) is 0 Å². The Bertz CT molecular complexity index is 504. The van der Waals surface area contributed by atoms with E-state index in [1.807, 2.05) is 18.0 Å². The molecule has 2 rings (SSSR count). The summed E-state index contributed by atoms with van der Waals surface area (Å²) in [4.78, 5) is 11.8. The van der Waals surface area contributed by atoms with E-state index in [0.717, 1.165) is 12.4 Å². The van der Waals surface area contributed by atoms with Gasteiger partial charge in [-0.25, -0.2) is 9.97 Å². The van der Waals surface area contributed by atoms with Crippen molar-refractivity contribution in [2.45, 2.75) is 13.2 Å². The van der Waals surface area contributed by atoms with Crippen LogP contribution in [-0.2, 0) is 17.9 Å². The lowest BCUT2D eigenvalue weighted by Gasteiger charge is -2.17. The summed E-state index contributed by atoms with van der Waals surface area (Å²) >= 11 is 7.70. The summed E-state index contributed by atoms with van der Waals surface area (Å²) in [5.41, 5.74) is 0. The molecule has 0 radical (unpaired) electrons. The average Bonchev–Trinajstić information content (AvgIpc) is 2.81. The fourth-order valence-corrected chi connectivity index (χ4v) is 2.51. The number of nitrogens with zero attached hydrogens (tertiary/aromatic N) is 3. The van der Waals surface area contributed by atoms with E-state index in [2.05, 4.69) is 21.4 Å². The highest BCUT2D eigenvalue weighted by molar-refractivity contribution is 7.09. The number of aromatic nitrogens is 2. The van der Waals surface area contributed by atoms with Crippen LogP contribution in [0.1, 0.15) is 10.7 Å². The topological polar surface area (TPSA) is 38.2 Å². The van der Waals surface area contributed by atoms with Crippen molar-refractivity contribution in [3.8, 4) is 0 Å². The van der Waals surface area contributed by atoms with Gasteiger partial charge in [0.05, 0.1) is 6.54 Å². The average molecular weight is 284 g/mol. The monoisotopic (exact) mass is 283 g/mol. The summed E-state index contributed by atoms with van der Waals surface area (Å²) in [5.74, 6) is 1.40. The van der Waals surface area contributed by atoms with E-state index < -0.39 is 0 Å². The molecule has 0 aliphatic rings. The van der Waals surface area contributed by atoms with E-state index in [1.54, 1.807) is 24.5 Å². The molecule has 2 heterocycles. The summed E-state index contributed by atoms with van der Waals surface area (Å²) in [6, 6.07) is 5.89. The molecule has 18 heavy (non-hydrogen) atoms. The zero-order valence-electron chi connectivity index (χ0n) is 10.3. The number of halogens is 1. The van der Waals surface area contributed by atoms with Crippen LogP contribution in [0.4, 0.5) is 5.82 Å². The zero-order chi connectivity index (χ0) is 13.0. The van der Waals surface area contributed by atoms with Crippen LogP contribution in [0.2, 0.25) is 5.15 Å². The number of ether oxygens (including phenoxy) is 1. The maximum atomic E-state index is 5.98. The molecule has 0 saturated carbocycles. The Balaban J connectivity index is 2.16. The maximum absolute atomic E-state index is 5.98. The van der Waals surface area contributed by atoms with Crippen LogP contribution in [0.5, 0.6) is 0 Å². The Labute approximate surface area is 115 Å². The van der Waals surface area contributed by atoms with E-state index in [-0.39, 0.29) is 0 Å². The lowest BCUT2D eigenvalue weighted by Crippen LogP contribution is -2.18. The molecule has 0 aliphatic carbocycles. The van der Waals surface area contributed by atoms with Crippen molar-refractivity contribution >= 4 is 28.8 Å². The first-order chi connectivity index (χ1) is 8.69. The van der Waals surface area contributed by atoms with E-state index in [4.69, 9.17) is 16.3 Å². The highest BCUT2D eigenvalue weighted by atomic mass is 35.5. The lowest BCUT2D eigenvalue weighted by atomic mass is 10.4. The number of rotatable bonds is 5. The molecule has 2 aromatic rings. The Morgan fingerprint density at radius 1 is 1.44 bits per heavy atom. The number of anilines is 1. The second-order valence-electron chi connectivity index (χ2n) is 3.83. The second kappa shape index (κ2) is 6.13. The highest BCUT2D eigenvalue weighted by Gasteiger charge is 2.08. The van der Waals surface area contributed by atoms with Gasteiger partial charge in [0.1, 0.15) is 17.6 Å². The summed E-state index contributed by atoms with van der Waals surface area (Å²) < 4.78 is 5.02. The summed E-state index contributed by atoms with van der Waals surface area (Å²) in [6.07, 6.45) is 0. The van der Waals surface area contributed by atoms with Gasteiger partial charge in [-0.1, -0.05) is 17.7 Å². The van der Waals surface area contributed by atoms with Crippen molar-refractivity contribution < 1.29 is 4.74 Å². The molecule has 0 saturated heterocycles. The maximum Gasteiger partial charge on any atom is 0.158 e. The summed E-state index contributed by atoms with van der Waals surface area (Å²) in [5, 5.41) is 2.50. The van der Waals surface area contributed by atoms with Gasteiger partial charge in [-0.2, -0.15) is 0 Å². The molecule has 0 N–H and O–H groups in total. The summed E-state index contributed by atoms with van der Waals surface area (Å²) in [6.45, 7) is 1.16. The first kappa shape index (κ1) is 13.3. The normalized spacial score (nSPS) is 10.6. The highest BCUT2D eigenvalue weighted by Crippen LogP contribution is 2.19. The van der Waals surface area contributed by atoms with Crippen molar-refractivity contribution in [3.63, 3.8) is 0 Å². The van der Waals surface area contributed by atoms with Gasteiger partial charge in [0.15, 0.2) is 5.82 Å². The third-order valence-electron chi connectivity index (χ3n) is 2.37. The molecule has 0 aromatic carbocycles. The molecule has 0 spiro atoms. The Morgan fingerprint density at radius 2 is 2.28 bits per heavy atom. The van der Waals surface area contributed by atoms with Gasteiger partial charge >= 0.3 is 0 Å². The number of hydrogen-bond acceptors (Lipinski definition) is 5. The smallest absolute Gasteiger partial charge is 0.158 e. The SMILES string of the molecule is COCc1nc(Cl)cc(N(C)Cc2cccs2)n1. The first-order valence-corrected chi connectivity index (χ1v) is 6.70. The third-order valence-corrected chi connectivity index (χ3v) is 3.42. The van der Waals surface area contributed by atoms with Crippen molar-refractivity contribution in [2.75, 3.05) is 19.1 Å². The fraction of sp³-hybridized carbons (Fsp3) is 0.333. The van der Waals surface area contributed by atoms with Gasteiger partial charge in [-0.05, 0) is 11.4 Å². The minimum absolute atomic E-state index is 0.362. The van der Waals surface area contributed by atoms with Gasteiger partial charge in [0.25, 0.3) is 0 Å². The Morgan fingerprint density at radius 3 is 2.94 bits per heavy atom. The molecule has 0 bridgehead atoms. The van der Waals surface area contributed by atoms with E-state index in [1.165, 1.54) is 4.88 Å². The standard InChI is InChI=1S/C12H14ClN3OS/c1-16(7-9-4-3-5-18-9)12-6-10(13)14-11(15-12)8-17-2/h3-6H,7-8H2,1-2H3. The molecule has 6 heteroatoms. The van der Waals surface area contributed by atoms with Gasteiger partial charge in [0, 0.05) is 25.1 Å². The quantitative estimate of drug-likeness (QED) is 0.791. The first-order valence-electron chi connectivity index (χ1n) is 5.45. The number of methoxy groups -OCH3 is 1. The summed E-state index contributed by atoms with van der Waals surface area (Å²) in [7, 11) is 3.59. The zero-order valence-corrected chi connectivity index (χ0v) is 11.8. The minimum atomic E-state index is 0.362. The molecular formula is C12H14ClN3OS. The molecule has 96 valence electrons. The number of thiophene rings is 1. The number of hydrogen-bond donors (Lipinski definition) is 0. The van der Waals surface area contributed by atoms with E-state index in [0.29, 0.717) is 17.6 Å². The van der Waals surface area contributed by atoms with Crippen LogP contribution in [0.25, 0.3) is 0 Å². The van der Waals surface area contributed by atoms with Crippen LogP contribution < -0.4 is 4.90 Å². The Hall–Kier alpha value is -1.17. The van der Waals surface area contributed by atoms with E-state index in [9.17, 15) is 0 Å². The predicted octanol–water partition coefficient (Wildman–Crippen LogP) is 2.97. The van der Waals surface area contributed by atoms with Crippen molar-refractivity contribution in [1.82, 2.24) is 9.97 Å². The predicted molar refractivity (Wildman–Crippen MR) is 74.2 cm³/mol. The van der Waals surface area contributed by atoms with Crippen molar-refractivity contribution in [2.24, 2.45) is 0 Å². The molecule has 4 nitrogen and oxygen atoms in total. The van der Waals surface area contributed by atoms with Crippen molar-refractivity contribution in [1.29, 1.82) is 0 Å². The molecular weight excluding hydrogens is 270 g/mol. The Kier molecular flexibility index (Phi) is 4.52. The van der Waals surface area contributed by atoms with Crippen molar-refractivity contribution in [3.05, 3.63) is 39.4 Å². The molecule has 0 aliphatic heterocycles. The second-order valence-corrected chi connectivity index (χ2v) is 5.25. The molecule has 0 amide bonds. The third kappa shape index (κ3) is 3.41. The van der Waals surface area contributed by atoms with Gasteiger partial charge < -0.3 is 9.64 Å². The van der Waals surface area contributed by atoms with Crippen LogP contribution in [0, 0.1) is 0 Å². The molecule has 2 aromatic heterocycles. The molecule has 0 fully saturated rings. The fourth-order valence-electron chi connectivity index (χ4n) is 1.56. The van der Waals surface area contributed by atoms with Crippen LogP contribution >= 0.6 is 22.9 Å².